The Bertz CT molecular complexity index is 404. The normalized spacial score (nSPS) is 9.69. The van der Waals surface area contributed by atoms with Crippen LogP contribution in [-0.2, 0) is 0 Å². The van der Waals surface area contributed by atoms with Crippen molar-refractivity contribution < 1.29 is 9.53 Å². The SMILES string of the molecule is C=CCN(C)C(=O)c1ccc(Br)cc1OC. The van der Waals surface area contributed by atoms with Crippen molar-refractivity contribution in [2.45, 2.75) is 0 Å². The molecule has 0 bridgehead atoms. The van der Waals surface area contributed by atoms with E-state index in [1.54, 1.807) is 37.3 Å². The third-order valence-corrected chi connectivity index (χ3v) is 2.64. The summed E-state index contributed by atoms with van der Waals surface area (Å²) < 4.78 is 6.05. The van der Waals surface area contributed by atoms with Crippen LogP contribution in [0, 0.1) is 0 Å². The fraction of sp³-hybridized carbons (Fsp3) is 0.250. The Balaban J connectivity index is 3.03. The van der Waals surface area contributed by atoms with Gasteiger partial charge in [0.1, 0.15) is 5.75 Å². The van der Waals surface area contributed by atoms with E-state index < -0.39 is 0 Å². The number of likely N-dealkylation sites (N-methyl/N-ethyl adjacent to an activating group) is 1. The standard InChI is InChI=1S/C12H14BrNO2/c1-4-7-14(2)12(15)10-6-5-9(13)8-11(10)16-3/h4-6,8H,1,7H2,2-3H3. The van der Waals surface area contributed by atoms with Crippen LogP contribution < -0.4 is 4.74 Å². The van der Waals surface area contributed by atoms with Gasteiger partial charge in [0.15, 0.2) is 0 Å². The van der Waals surface area contributed by atoms with Gasteiger partial charge in [0, 0.05) is 18.1 Å². The highest BCUT2D eigenvalue weighted by Gasteiger charge is 2.15. The minimum absolute atomic E-state index is 0.0794. The Hall–Kier alpha value is -1.29. The van der Waals surface area contributed by atoms with E-state index in [1.807, 2.05) is 6.07 Å². The molecule has 4 heteroatoms. The maximum Gasteiger partial charge on any atom is 0.257 e. The Kier molecular flexibility index (Phi) is 4.55. The molecule has 0 atom stereocenters. The van der Waals surface area contributed by atoms with Crippen molar-refractivity contribution in [3.63, 3.8) is 0 Å². The number of hydrogen-bond acceptors (Lipinski definition) is 2. The molecular formula is C12H14BrNO2. The number of methoxy groups -OCH3 is 1. The predicted octanol–water partition coefficient (Wildman–Crippen LogP) is 2.72. The highest BCUT2D eigenvalue weighted by Crippen LogP contribution is 2.24. The average Bonchev–Trinajstić information content (AvgIpc) is 2.28. The molecule has 0 unspecified atom stereocenters. The topological polar surface area (TPSA) is 29.5 Å². The van der Waals surface area contributed by atoms with E-state index in [0.29, 0.717) is 17.9 Å². The number of amides is 1. The van der Waals surface area contributed by atoms with E-state index in [0.717, 1.165) is 4.47 Å². The highest BCUT2D eigenvalue weighted by molar-refractivity contribution is 9.10. The molecule has 0 aliphatic rings. The van der Waals surface area contributed by atoms with Gasteiger partial charge >= 0.3 is 0 Å². The number of rotatable bonds is 4. The smallest absolute Gasteiger partial charge is 0.257 e. The van der Waals surface area contributed by atoms with Gasteiger partial charge in [0.2, 0.25) is 0 Å². The summed E-state index contributed by atoms with van der Waals surface area (Å²) in [5.74, 6) is 0.486. The lowest BCUT2D eigenvalue weighted by Crippen LogP contribution is -2.27. The third-order valence-electron chi connectivity index (χ3n) is 2.14. The van der Waals surface area contributed by atoms with Crippen LogP contribution in [0.2, 0.25) is 0 Å². The van der Waals surface area contributed by atoms with E-state index in [-0.39, 0.29) is 5.91 Å². The zero-order valence-electron chi connectivity index (χ0n) is 9.37. The van der Waals surface area contributed by atoms with Crippen LogP contribution >= 0.6 is 15.9 Å². The van der Waals surface area contributed by atoms with Crippen LogP contribution in [0.4, 0.5) is 0 Å². The largest absolute Gasteiger partial charge is 0.496 e. The summed E-state index contributed by atoms with van der Waals surface area (Å²) in [7, 11) is 3.28. The molecule has 0 saturated carbocycles. The zero-order chi connectivity index (χ0) is 12.1. The minimum atomic E-state index is -0.0794. The molecule has 0 N–H and O–H groups in total. The molecule has 0 aromatic heterocycles. The highest BCUT2D eigenvalue weighted by atomic mass is 79.9. The number of benzene rings is 1. The maximum atomic E-state index is 12.0. The van der Waals surface area contributed by atoms with Gasteiger partial charge in [-0.2, -0.15) is 0 Å². The quantitative estimate of drug-likeness (QED) is 0.796. The molecule has 86 valence electrons. The summed E-state index contributed by atoms with van der Waals surface area (Å²) in [6.45, 7) is 4.11. The monoisotopic (exact) mass is 283 g/mol. The Morgan fingerprint density at radius 3 is 2.88 bits per heavy atom. The van der Waals surface area contributed by atoms with Crippen molar-refractivity contribution in [1.29, 1.82) is 0 Å². The van der Waals surface area contributed by atoms with Gasteiger partial charge in [0.05, 0.1) is 12.7 Å². The molecule has 1 aromatic rings. The van der Waals surface area contributed by atoms with Crippen molar-refractivity contribution in [2.24, 2.45) is 0 Å². The Labute approximate surface area is 104 Å². The first-order chi connectivity index (χ1) is 7.60. The molecule has 0 aliphatic heterocycles. The molecule has 16 heavy (non-hydrogen) atoms. The van der Waals surface area contributed by atoms with Crippen molar-refractivity contribution in [2.75, 3.05) is 20.7 Å². The number of carbonyl (C=O) groups is 1. The van der Waals surface area contributed by atoms with E-state index in [2.05, 4.69) is 22.5 Å². The van der Waals surface area contributed by atoms with Crippen LogP contribution in [0.15, 0.2) is 35.3 Å². The molecule has 0 aliphatic carbocycles. The second-order valence-corrected chi connectivity index (χ2v) is 4.23. The summed E-state index contributed by atoms with van der Waals surface area (Å²) in [6.07, 6.45) is 1.68. The second kappa shape index (κ2) is 5.70. The molecule has 3 nitrogen and oxygen atoms in total. The van der Waals surface area contributed by atoms with E-state index in [1.165, 1.54) is 0 Å². The fourth-order valence-corrected chi connectivity index (χ4v) is 1.66. The number of carbonyl (C=O) groups excluding carboxylic acids is 1. The fourth-order valence-electron chi connectivity index (χ4n) is 1.32. The molecule has 0 heterocycles. The van der Waals surface area contributed by atoms with Gasteiger partial charge in [0.25, 0.3) is 5.91 Å². The number of ether oxygens (including phenoxy) is 1. The predicted molar refractivity (Wildman–Crippen MR) is 67.9 cm³/mol. The molecule has 0 fully saturated rings. The minimum Gasteiger partial charge on any atom is -0.496 e. The van der Waals surface area contributed by atoms with Gasteiger partial charge in [-0.3, -0.25) is 4.79 Å². The molecule has 1 amide bonds. The summed E-state index contributed by atoms with van der Waals surface area (Å²) in [5.41, 5.74) is 0.551. The average molecular weight is 284 g/mol. The zero-order valence-corrected chi connectivity index (χ0v) is 11.0. The lowest BCUT2D eigenvalue weighted by Gasteiger charge is -2.16. The summed E-state index contributed by atoms with van der Waals surface area (Å²) >= 11 is 3.33. The van der Waals surface area contributed by atoms with Crippen molar-refractivity contribution in [3.8, 4) is 5.75 Å². The molecule has 0 spiro atoms. The van der Waals surface area contributed by atoms with E-state index in [4.69, 9.17) is 4.74 Å². The van der Waals surface area contributed by atoms with Crippen LogP contribution in [0.5, 0.6) is 5.75 Å². The molecular weight excluding hydrogens is 270 g/mol. The first-order valence-electron chi connectivity index (χ1n) is 4.80. The summed E-state index contributed by atoms with van der Waals surface area (Å²) in [5, 5.41) is 0. The lowest BCUT2D eigenvalue weighted by molar-refractivity contribution is 0.0807. The number of hydrogen-bond donors (Lipinski definition) is 0. The summed E-state index contributed by atoms with van der Waals surface area (Å²) in [4.78, 5) is 13.6. The van der Waals surface area contributed by atoms with E-state index >= 15 is 0 Å². The van der Waals surface area contributed by atoms with Gasteiger partial charge in [-0.25, -0.2) is 0 Å². The Morgan fingerprint density at radius 1 is 1.62 bits per heavy atom. The van der Waals surface area contributed by atoms with Crippen molar-refractivity contribution in [3.05, 3.63) is 40.9 Å². The maximum absolute atomic E-state index is 12.0. The molecule has 1 aromatic carbocycles. The Morgan fingerprint density at radius 2 is 2.31 bits per heavy atom. The molecule has 0 radical (unpaired) electrons. The van der Waals surface area contributed by atoms with Crippen molar-refractivity contribution in [1.82, 2.24) is 4.90 Å². The van der Waals surface area contributed by atoms with Gasteiger partial charge in [-0.15, -0.1) is 6.58 Å². The van der Waals surface area contributed by atoms with E-state index in [9.17, 15) is 4.79 Å². The van der Waals surface area contributed by atoms with Crippen molar-refractivity contribution >= 4 is 21.8 Å². The first-order valence-corrected chi connectivity index (χ1v) is 5.59. The first kappa shape index (κ1) is 12.8. The lowest BCUT2D eigenvalue weighted by atomic mass is 10.2. The van der Waals surface area contributed by atoms with Crippen LogP contribution in [0.25, 0.3) is 0 Å². The van der Waals surface area contributed by atoms with Gasteiger partial charge < -0.3 is 9.64 Å². The number of nitrogens with zero attached hydrogens (tertiary/aromatic N) is 1. The molecule has 1 rings (SSSR count). The van der Waals surface area contributed by atoms with Crippen LogP contribution in [0.1, 0.15) is 10.4 Å². The van der Waals surface area contributed by atoms with Crippen LogP contribution in [0.3, 0.4) is 0 Å². The third kappa shape index (κ3) is 2.85. The second-order valence-electron chi connectivity index (χ2n) is 3.32. The molecule has 0 saturated heterocycles. The number of halogens is 1. The van der Waals surface area contributed by atoms with Gasteiger partial charge in [-0.1, -0.05) is 22.0 Å². The van der Waals surface area contributed by atoms with Crippen LogP contribution in [-0.4, -0.2) is 31.5 Å². The summed E-state index contributed by atoms with van der Waals surface area (Å²) in [6, 6.07) is 5.33. The van der Waals surface area contributed by atoms with Gasteiger partial charge in [-0.05, 0) is 18.2 Å².